The lowest BCUT2D eigenvalue weighted by Crippen LogP contribution is -2.33. The summed E-state index contributed by atoms with van der Waals surface area (Å²) in [4.78, 5) is 0. The Hall–Kier alpha value is -0.263. The van der Waals surface area contributed by atoms with E-state index in [1.165, 1.54) is 32.1 Å². The second kappa shape index (κ2) is 5.89. The molecule has 0 aromatic carbocycles. The normalized spacial score (nSPS) is 22.1. The molecule has 0 aromatic rings. The smallest absolute Gasteiger partial charge is 0.111 e. The van der Waals surface area contributed by atoms with Crippen molar-refractivity contribution < 1.29 is 5.11 Å². The van der Waals surface area contributed by atoms with Gasteiger partial charge in [-0.15, -0.1) is 5.92 Å². The molecule has 0 spiro atoms. The fourth-order valence-electron chi connectivity index (χ4n) is 2.72. The highest BCUT2D eigenvalue weighted by Gasteiger charge is 2.32. The molecule has 1 saturated carbocycles. The van der Waals surface area contributed by atoms with E-state index in [0.717, 1.165) is 5.92 Å². The first-order valence-corrected chi connectivity index (χ1v) is 10.2. The van der Waals surface area contributed by atoms with Gasteiger partial charge in [-0.2, -0.15) is 0 Å². The first-order chi connectivity index (χ1) is 7.41. The lowest BCUT2D eigenvalue weighted by Gasteiger charge is -2.34. The third-order valence-corrected chi connectivity index (χ3v) is 5.98. The van der Waals surface area contributed by atoms with Gasteiger partial charge in [0, 0.05) is 5.54 Å². The lowest BCUT2D eigenvalue weighted by molar-refractivity contribution is 0.253. The summed E-state index contributed by atoms with van der Waals surface area (Å²) in [6.45, 7) is 8.98. The van der Waals surface area contributed by atoms with E-state index in [-0.39, 0.29) is 0 Å². The minimum absolute atomic E-state index is 0.470. The van der Waals surface area contributed by atoms with Crippen LogP contribution in [0, 0.1) is 17.8 Å². The zero-order chi connectivity index (χ0) is 12.2. The molecule has 2 heteroatoms. The van der Waals surface area contributed by atoms with Crippen molar-refractivity contribution in [1.82, 2.24) is 0 Å². The van der Waals surface area contributed by atoms with Gasteiger partial charge in [0.25, 0.3) is 0 Å². The maximum Gasteiger partial charge on any atom is 0.111 e. The van der Waals surface area contributed by atoms with Crippen molar-refractivity contribution in [3.8, 4) is 11.8 Å². The molecule has 1 aliphatic carbocycles. The Kier molecular flexibility index (Phi) is 5.08. The van der Waals surface area contributed by atoms with Crippen LogP contribution in [0.3, 0.4) is 0 Å². The van der Waals surface area contributed by atoms with E-state index in [2.05, 4.69) is 31.5 Å². The quantitative estimate of drug-likeness (QED) is 0.575. The Bertz CT molecular complexity index is 261. The fourth-order valence-corrected chi connectivity index (χ4v) is 4.98. The van der Waals surface area contributed by atoms with Crippen LogP contribution in [0.2, 0.25) is 25.2 Å². The molecular formula is C14H26OSi. The number of aliphatic hydroxyl groups excluding tert-OH is 1. The second-order valence-electron chi connectivity index (χ2n) is 6.21. The Morgan fingerprint density at radius 2 is 1.62 bits per heavy atom. The minimum Gasteiger partial charge on any atom is -0.381 e. The van der Waals surface area contributed by atoms with E-state index in [1.54, 1.807) is 6.92 Å². The average molecular weight is 238 g/mol. The van der Waals surface area contributed by atoms with E-state index in [9.17, 15) is 5.11 Å². The number of hydrogen-bond acceptors (Lipinski definition) is 1. The van der Waals surface area contributed by atoms with E-state index >= 15 is 0 Å². The molecule has 2 atom stereocenters. The summed E-state index contributed by atoms with van der Waals surface area (Å²) in [6.07, 6.45) is 6.39. The van der Waals surface area contributed by atoms with E-state index in [0.29, 0.717) is 5.54 Å². The van der Waals surface area contributed by atoms with Gasteiger partial charge in [0.1, 0.15) is 6.10 Å². The van der Waals surface area contributed by atoms with Crippen molar-refractivity contribution in [2.24, 2.45) is 5.92 Å². The monoisotopic (exact) mass is 238 g/mol. The van der Waals surface area contributed by atoms with Crippen LogP contribution in [0.1, 0.15) is 39.0 Å². The topological polar surface area (TPSA) is 20.2 Å². The van der Waals surface area contributed by atoms with E-state index in [4.69, 9.17) is 0 Å². The Morgan fingerprint density at radius 3 is 2.06 bits per heavy atom. The predicted molar refractivity (Wildman–Crippen MR) is 73.1 cm³/mol. The molecule has 0 aliphatic heterocycles. The molecule has 92 valence electrons. The highest BCUT2D eigenvalue weighted by atomic mass is 28.3. The van der Waals surface area contributed by atoms with Crippen molar-refractivity contribution in [3.05, 3.63) is 0 Å². The SMILES string of the molecule is CC(O)C#CC(C1CCCCC1)[Si](C)(C)C. The summed E-state index contributed by atoms with van der Waals surface area (Å²) in [6, 6.07) is 0. The summed E-state index contributed by atoms with van der Waals surface area (Å²) in [5, 5.41) is 9.31. The average Bonchev–Trinajstić information content (AvgIpc) is 2.17. The summed E-state index contributed by atoms with van der Waals surface area (Å²) in [7, 11) is -1.23. The van der Waals surface area contributed by atoms with E-state index < -0.39 is 14.2 Å². The molecule has 1 rings (SSSR count). The van der Waals surface area contributed by atoms with Gasteiger partial charge in [-0.3, -0.25) is 0 Å². The second-order valence-corrected chi connectivity index (χ2v) is 11.6. The van der Waals surface area contributed by atoms with Gasteiger partial charge < -0.3 is 5.11 Å². The molecule has 2 unspecified atom stereocenters. The van der Waals surface area contributed by atoms with Gasteiger partial charge in [-0.1, -0.05) is 44.8 Å². The van der Waals surface area contributed by atoms with Crippen molar-refractivity contribution in [2.75, 3.05) is 0 Å². The molecular weight excluding hydrogens is 212 g/mol. The first-order valence-electron chi connectivity index (χ1n) is 6.60. The highest BCUT2D eigenvalue weighted by Crippen LogP contribution is 2.38. The van der Waals surface area contributed by atoms with Crippen LogP contribution in [0.25, 0.3) is 0 Å². The van der Waals surface area contributed by atoms with Crippen molar-refractivity contribution in [3.63, 3.8) is 0 Å². The Morgan fingerprint density at radius 1 is 1.06 bits per heavy atom. The molecule has 1 nitrogen and oxygen atoms in total. The van der Waals surface area contributed by atoms with Gasteiger partial charge in [0.15, 0.2) is 0 Å². The molecule has 1 fully saturated rings. The maximum absolute atomic E-state index is 9.31. The van der Waals surface area contributed by atoms with Crippen molar-refractivity contribution in [1.29, 1.82) is 0 Å². The molecule has 1 aliphatic rings. The first kappa shape index (κ1) is 13.8. The van der Waals surface area contributed by atoms with Crippen molar-refractivity contribution in [2.45, 2.75) is 70.3 Å². The third kappa shape index (κ3) is 4.31. The van der Waals surface area contributed by atoms with E-state index in [1.807, 2.05) is 0 Å². The van der Waals surface area contributed by atoms with Crippen LogP contribution >= 0.6 is 0 Å². The zero-order valence-corrected chi connectivity index (χ0v) is 12.2. The van der Waals surface area contributed by atoms with Gasteiger partial charge in [-0.25, -0.2) is 0 Å². The lowest BCUT2D eigenvalue weighted by atomic mass is 9.86. The Balaban J connectivity index is 2.75. The molecule has 0 bridgehead atoms. The van der Waals surface area contributed by atoms with Crippen LogP contribution < -0.4 is 0 Å². The van der Waals surface area contributed by atoms with Crippen LogP contribution in [0.15, 0.2) is 0 Å². The van der Waals surface area contributed by atoms with Gasteiger partial charge in [0.05, 0.1) is 8.07 Å². The summed E-state index contributed by atoms with van der Waals surface area (Å²) >= 11 is 0. The summed E-state index contributed by atoms with van der Waals surface area (Å²) in [5.74, 6) is 7.18. The van der Waals surface area contributed by atoms with Crippen LogP contribution in [-0.2, 0) is 0 Å². The summed E-state index contributed by atoms with van der Waals surface area (Å²) in [5.41, 5.74) is 0.572. The molecule has 0 amide bonds. The number of hydrogen-bond donors (Lipinski definition) is 1. The molecule has 16 heavy (non-hydrogen) atoms. The molecule has 0 aromatic heterocycles. The molecule has 1 N–H and O–H groups in total. The van der Waals surface area contributed by atoms with Gasteiger partial charge in [-0.05, 0) is 25.7 Å². The Labute approximate surface area is 102 Å². The van der Waals surface area contributed by atoms with Crippen LogP contribution in [0.4, 0.5) is 0 Å². The standard InChI is InChI=1S/C14H26OSi/c1-12(15)10-11-14(16(2,3)4)13-8-6-5-7-9-13/h12-15H,5-9H2,1-4H3. The minimum atomic E-state index is -1.23. The van der Waals surface area contributed by atoms with Crippen LogP contribution in [0.5, 0.6) is 0 Å². The predicted octanol–water partition coefficient (Wildman–Crippen LogP) is 3.66. The maximum atomic E-state index is 9.31. The molecule has 0 heterocycles. The number of rotatable bonds is 2. The van der Waals surface area contributed by atoms with Gasteiger partial charge >= 0.3 is 0 Å². The largest absolute Gasteiger partial charge is 0.381 e. The van der Waals surface area contributed by atoms with Crippen LogP contribution in [-0.4, -0.2) is 19.3 Å². The molecule has 0 saturated heterocycles. The van der Waals surface area contributed by atoms with Gasteiger partial charge in [0.2, 0.25) is 0 Å². The summed E-state index contributed by atoms with van der Waals surface area (Å²) < 4.78 is 0. The zero-order valence-electron chi connectivity index (χ0n) is 11.2. The highest BCUT2D eigenvalue weighted by molar-refractivity contribution is 6.78. The number of aliphatic hydroxyl groups is 1. The third-order valence-electron chi connectivity index (χ3n) is 3.50. The molecule has 0 radical (unpaired) electrons. The fraction of sp³-hybridized carbons (Fsp3) is 0.857. The van der Waals surface area contributed by atoms with Crippen molar-refractivity contribution >= 4 is 8.07 Å².